The van der Waals surface area contributed by atoms with Gasteiger partial charge >= 0.3 is 0 Å². The Hall–Kier alpha value is -2.55. The number of rotatable bonds is 6. The van der Waals surface area contributed by atoms with E-state index >= 15 is 0 Å². The topological polar surface area (TPSA) is 114 Å². The molecule has 1 atom stereocenters. The quantitative estimate of drug-likeness (QED) is 0.603. The van der Waals surface area contributed by atoms with Crippen LogP contribution in [0.3, 0.4) is 0 Å². The molecule has 1 aromatic rings. The van der Waals surface area contributed by atoms with Gasteiger partial charge in [-0.25, -0.2) is 4.39 Å². The Morgan fingerprint density at radius 3 is 2.56 bits per heavy atom. The largest absolute Gasteiger partial charge is 0.355 e. The zero-order valence-electron chi connectivity index (χ0n) is 19.5. The molecule has 3 aliphatic rings. The molecule has 2 amide bonds. The van der Waals surface area contributed by atoms with Gasteiger partial charge in [-0.05, 0) is 55.9 Å². The summed E-state index contributed by atoms with van der Waals surface area (Å²) < 4.78 is 40.5. The number of nitrogens with zero attached hydrogens (tertiary/aromatic N) is 4. The van der Waals surface area contributed by atoms with E-state index in [9.17, 15) is 22.4 Å². The predicted octanol–water partition coefficient (Wildman–Crippen LogP) is 1.65. The fourth-order valence-electron chi connectivity index (χ4n) is 4.40. The van der Waals surface area contributed by atoms with Crippen LogP contribution < -0.4 is 5.32 Å². The summed E-state index contributed by atoms with van der Waals surface area (Å²) in [5.41, 5.74) is 1.79. The first kappa shape index (κ1) is 26.1. The predicted molar refractivity (Wildman–Crippen MR) is 126 cm³/mol. The van der Waals surface area contributed by atoms with Gasteiger partial charge < -0.3 is 10.2 Å². The van der Waals surface area contributed by atoms with Gasteiger partial charge in [0.2, 0.25) is 12.3 Å². The second kappa shape index (κ2) is 11.7. The van der Waals surface area contributed by atoms with Gasteiger partial charge in [-0.15, -0.1) is 0 Å². The molecule has 4 rings (SSSR count). The number of piperidine rings is 1. The number of halogens is 1. The molecular weight excluding hydrogens is 461 g/mol. The molecule has 1 N–H and O–H groups in total. The van der Waals surface area contributed by atoms with Gasteiger partial charge in [0, 0.05) is 47.2 Å². The van der Waals surface area contributed by atoms with E-state index in [4.69, 9.17) is 5.26 Å². The van der Waals surface area contributed by atoms with Gasteiger partial charge in [-0.2, -0.15) is 22.3 Å². The van der Waals surface area contributed by atoms with Crippen LogP contribution in [0.4, 0.5) is 4.39 Å². The van der Waals surface area contributed by atoms with E-state index in [1.54, 1.807) is 6.07 Å². The van der Waals surface area contributed by atoms with Crippen LogP contribution in [0.1, 0.15) is 38.2 Å². The van der Waals surface area contributed by atoms with Gasteiger partial charge in [-0.1, -0.05) is 6.07 Å². The Morgan fingerprint density at radius 1 is 1.21 bits per heavy atom. The second-order valence-corrected chi connectivity index (χ2v) is 10.9. The molecule has 0 radical (unpaired) electrons. The number of aryl methyl sites for hydroxylation is 1. The summed E-state index contributed by atoms with van der Waals surface area (Å²) in [4.78, 5) is 24.3. The van der Waals surface area contributed by atoms with Crippen molar-refractivity contribution in [1.82, 2.24) is 18.8 Å². The van der Waals surface area contributed by atoms with E-state index < -0.39 is 10.2 Å². The molecule has 3 aliphatic heterocycles. The lowest BCUT2D eigenvalue weighted by atomic mass is 9.98. The maximum Gasteiger partial charge on any atom is 0.282 e. The van der Waals surface area contributed by atoms with Crippen molar-refractivity contribution >= 4 is 22.5 Å². The summed E-state index contributed by atoms with van der Waals surface area (Å²) >= 11 is 0. The van der Waals surface area contributed by atoms with Crippen LogP contribution in [-0.4, -0.2) is 73.5 Å². The summed E-state index contributed by atoms with van der Waals surface area (Å²) in [6, 6.07) is 6.60. The highest BCUT2D eigenvalue weighted by Crippen LogP contribution is 2.27. The summed E-state index contributed by atoms with van der Waals surface area (Å²) in [6.07, 6.45) is 4.18. The van der Waals surface area contributed by atoms with Crippen molar-refractivity contribution in [3.8, 4) is 6.07 Å². The van der Waals surface area contributed by atoms with Crippen LogP contribution in [0.15, 0.2) is 18.2 Å². The van der Waals surface area contributed by atoms with E-state index in [1.807, 2.05) is 11.8 Å². The smallest absolute Gasteiger partial charge is 0.282 e. The SMILES string of the molecule is Cc1ccc(F)cc1CNC=O.N#CC1CN(S(=O)(=O)N2CCC[C@H](C(=O)N3CCCC3)C2)C1.[HH]. The van der Waals surface area contributed by atoms with Crippen LogP contribution in [0.25, 0.3) is 0 Å². The number of carbonyl (C=O) groups is 2. The maximum absolute atomic E-state index is 12.7. The highest BCUT2D eigenvalue weighted by atomic mass is 32.2. The van der Waals surface area contributed by atoms with Gasteiger partial charge in [0.15, 0.2) is 0 Å². The first-order chi connectivity index (χ1) is 16.3. The average Bonchev–Trinajstić information content (AvgIpc) is 3.34. The Kier molecular flexibility index (Phi) is 8.99. The molecule has 0 aromatic heterocycles. The lowest BCUT2D eigenvalue weighted by molar-refractivity contribution is -0.135. The van der Waals surface area contributed by atoms with E-state index in [0.29, 0.717) is 19.5 Å². The number of likely N-dealkylation sites (tertiary alicyclic amines) is 1. The molecular formula is C23H34FN5O4S. The average molecular weight is 496 g/mol. The lowest BCUT2D eigenvalue weighted by Gasteiger charge is -2.40. The van der Waals surface area contributed by atoms with Crippen molar-refractivity contribution in [2.75, 3.05) is 39.3 Å². The third-order valence-electron chi connectivity index (χ3n) is 6.52. The Bertz CT molecular complexity index is 1020. The van der Waals surface area contributed by atoms with Gasteiger partial charge in [-0.3, -0.25) is 9.59 Å². The van der Waals surface area contributed by atoms with Crippen molar-refractivity contribution in [3.63, 3.8) is 0 Å². The summed E-state index contributed by atoms with van der Waals surface area (Å²) in [6.45, 7) is 5.18. The molecule has 9 nitrogen and oxygen atoms in total. The molecule has 1 aromatic carbocycles. The van der Waals surface area contributed by atoms with Gasteiger partial charge in [0.25, 0.3) is 10.2 Å². The summed E-state index contributed by atoms with van der Waals surface area (Å²) in [5, 5.41) is 11.3. The molecule has 188 valence electrons. The van der Waals surface area contributed by atoms with Gasteiger partial charge in [0.1, 0.15) is 5.82 Å². The number of hydrogen-bond donors (Lipinski definition) is 1. The monoisotopic (exact) mass is 495 g/mol. The van der Waals surface area contributed by atoms with Crippen LogP contribution in [0.5, 0.6) is 0 Å². The number of nitrogens with one attached hydrogen (secondary N) is 1. The fraction of sp³-hybridized carbons (Fsp3) is 0.609. The van der Waals surface area contributed by atoms with E-state index in [2.05, 4.69) is 11.4 Å². The molecule has 34 heavy (non-hydrogen) atoms. The highest BCUT2D eigenvalue weighted by Gasteiger charge is 2.42. The Labute approximate surface area is 202 Å². The first-order valence-corrected chi connectivity index (χ1v) is 13.0. The zero-order chi connectivity index (χ0) is 24.7. The van der Waals surface area contributed by atoms with Crippen molar-refractivity contribution in [2.45, 2.75) is 39.2 Å². The van der Waals surface area contributed by atoms with Crippen LogP contribution in [0.2, 0.25) is 0 Å². The van der Waals surface area contributed by atoms with E-state index in [-0.39, 0.29) is 44.6 Å². The van der Waals surface area contributed by atoms with Crippen LogP contribution >= 0.6 is 0 Å². The molecule has 3 fully saturated rings. The molecule has 3 saturated heterocycles. The minimum atomic E-state index is -3.51. The molecule has 0 spiro atoms. The van der Waals surface area contributed by atoms with Crippen molar-refractivity contribution < 1.29 is 23.8 Å². The zero-order valence-corrected chi connectivity index (χ0v) is 20.3. The van der Waals surface area contributed by atoms with Crippen molar-refractivity contribution in [3.05, 3.63) is 35.1 Å². The summed E-state index contributed by atoms with van der Waals surface area (Å²) in [7, 11) is -3.51. The molecule has 0 aliphatic carbocycles. The second-order valence-electron chi connectivity index (χ2n) is 8.95. The molecule has 11 heteroatoms. The fourth-order valence-corrected chi connectivity index (χ4v) is 6.19. The van der Waals surface area contributed by atoms with E-state index in [0.717, 1.165) is 49.9 Å². The molecule has 0 unspecified atom stereocenters. The summed E-state index contributed by atoms with van der Waals surface area (Å²) in [5.74, 6) is -0.574. The standard InChI is InChI=1S/C14H22N4O3S.C9H10FNO.H2/c15-8-12-9-18(10-12)22(20,21)17-7-3-4-13(11-17)14(19)16-5-1-2-6-16;1-7-2-3-9(10)4-8(7)5-11-6-12;/h12-13H,1-7,9-11H2;2-4,6H,5H2,1H3,(H,11,12);1H/t13-;;/m0../s1. The molecule has 0 saturated carbocycles. The minimum absolute atomic E-state index is 0. The first-order valence-electron chi connectivity index (χ1n) is 11.6. The molecule has 0 bridgehead atoms. The number of hydrogen-bond acceptors (Lipinski definition) is 5. The number of benzene rings is 1. The maximum atomic E-state index is 12.7. The Morgan fingerprint density at radius 2 is 1.91 bits per heavy atom. The number of nitriles is 1. The highest BCUT2D eigenvalue weighted by molar-refractivity contribution is 7.86. The normalized spacial score (nSPS) is 21.7. The number of carbonyl (C=O) groups excluding carboxylic acids is 2. The van der Waals surface area contributed by atoms with Crippen LogP contribution in [-0.2, 0) is 26.3 Å². The number of amides is 2. The van der Waals surface area contributed by atoms with E-state index in [1.165, 1.54) is 20.7 Å². The molecule has 3 heterocycles. The lowest BCUT2D eigenvalue weighted by Crippen LogP contribution is -2.57. The third kappa shape index (κ3) is 6.31. The van der Waals surface area contributed by atoms with Crippen molar-refractivity contribution in [2.24, 2.45) is 11.8 Å². The van der Waals surface area contributed by atoms with Crippen LogP contribution in [0, 0.1) is 35.9 Å². The Balaban J connectivity index is 0.000000284. The van der Waals surface area contributed by atoms with Crippen molar-refractivity contribution in [1.29, 1.82) is 5.26 Å². The van der Waals surface area contributed by atoms with Gasteiger partial charge in [0.05, 0.1) is 17.9 Å². The minimum Gasteiger partial charge on any atom is -0.355 e. The third-order valence-corrected chi connectivity index (χ3v) is 8.46.